The second kappa shape index (κ2) is 17.6. The van der Waals surface area contributed by atoms with E-state index in [4.69, 9.17) is 10.5 Å². The zero-order valence-corrected chi connectivity index (χ0v) is 25.7. The van der Waals surface area contributed by atoms with Crippen LogP contribution in [0.1, 0.15) is 117 Å². The maximum atomic E-state index is 14.2. The minimum atomic E-state index is -1.09. The standard InChI is InChI=1S/C31H52N4O5/c1-8-10-11-12-13-14-21-35(27(28(37)33-22(3)4)24-17-15-23(9-2)16-18-24)29(38)25(19-20-26(32)36)34-30(39)40-31(5,6)7/h15-18,22,25,27H,8-14,19-21H2,1-7H3,(H2,32,36)(H,33,37)(H,34,39). The summed E-state index contributed by atoms with van der Waals surface area (Å²) in [6, 6.07) is 5.54. The molecule has 4 N–H and O–H groups in total. The molecule has 0 spiro atoms. The van der Waals surface area contributed by atoms with Crippen LogP contribution in [-0.2, 0) is 25.5 Å². The summed E-state index contributed by atoms with van der Waals surface area (Å²) in [6.45, 7) is 13.4. The lowest BCUT2D eigenvalue weighted by Crippen LogP contribution is -2.54. The average Bonchev–Trinajstić information content (AvgIpc) is 2.86. The molecule has 1 rings (SSSR count). The van der Waals surface area contributed by atoms with Gasteiger partial charge in [-0.05, 0) is 65.0 Å². The third kappa shape index (κ3) is 13.3. The molecule has 1 aromatic rings. The third-order valence-corrected chi connectivity index (χ3v) is 6.40. The Bertz CT molecular complexity index is 940. The Balaban J connectivity index is 3.46. The molecule has 0 bridgehead atoms. The minimum absolute atomic E-state index is 0.00625. The second-order valence-electron chi connectivity index (χ2n) is 11.7. The van der Waals surface area contributed by atoms with Gasteiger partial charge in [-0.25, -0.2) is 4.79 Å². The number of benzene rings is 1. The Morgan fingerprint density at radius 2 is 1.52 bits per heavy atom. The summed E-state index contributed by atoms with van der Waals surface area (Å²) in [4.78, 5) is 53.7. The molecular formula is C31H52N4O5. The van der Waals surface area contributed by atoms with Gasteiger partial charge in [-0.3, -0.25) is 14.4 Å². The molecule has 2 unspecified atom stereocenters. The molecular weight excluding hydrogens is 508 g/mol. The van der Waals surface area contributed by atoms with E-state index in [1.54, 1.807) is 25.7 Å². The van der Waals surface area contributed by atoms with Crippen LogP contribution < -0.4 is 16.4 Å². The molecule has 0 saturated heterocycles. The van der Waals surface area contributed by atoms with Crippen LogP contribution in [0.2, 0.25) is 0 Å². The fourth-order valence-electron chi connectivity index (χ4n) is 4.39. The molecule has 0 fully saturated rings. The Hall–Kier alpha value is -3.10. The van der Waals surface area contributed by atoms with Crippen molar-refractivity contribution in [3.8, 4) is 0 Å². The van der Waals surface area contributed by atoms with E-state index in [0.717, 1.165) is 44.1 Å². The Morgan fingerprint density at radius 1 is 0.925 bits per heavy atom. The zero-order valence-electron chi connectivity index (χ0n) is 25.7. The molecule has 0 radical (unpaired) electrons. The summed E-state index contributed by atoms with van der Waals surface area (Å²) in [5.74, 6) is -1.34. The van der Waals surface area contributed by atoms with Crippen molar-refractivity contribution in [2.24, 2.45) is 5.73 Å². The quantitative estimate of drug-likeness (QED) is 0.227. The molecule has 2 atom stereocenters. The van der Waals surface area contributed by atoms with Crippen LogP contribution in [0, 0.1) is 0 Å². The molecule has 4 amide bonds. The van der Waals surface area contributed by atoms with E-state index in [2.05, 4.69) is 24.5 Å². The summed E-state index contributed by atoms with van der Waals surface area (Å²) >= 11 is 0. The lowest BCUT2D eigenvalue weighted by Gasteiger charge is -2.35. The first-order valence-corrected chi connectivity index (χ1v) is 14.8. The summed E-state index contributed by atoms with van der Waals surface area (Å²) in [5.41, 5.74) is 6.42. The largest absolute Gasteiger partial charge is 0.444 e. The third-order valence-electron chi connectivity index (χ3n) is 6.40. The number of ether oxygens (including phenoxy) is 1. The van der Waals surface area contributed by atoms with Crippen LogP contribution in [-0.4, -0.2) is 52.9 Å². The van der Waals surface area contributed by atoms with Gasteiger partial charge in [-0.1, -0.05) is 70.2 Å². The number of carbonyl (C=O) groups excluding carboxylic acids is 4. The van der Waals surface area contributed by atoms with Gasteiger partial charge in [-0.2, -0.15) is 0 Å². The highest BCUT2D eigenvalue weighted by Gasteiger charge is 2.36. The monoisotopic (exact) mass is 560 g/mol. The molecule has 0 aliphatic rings. The maximum absolute atomic E-state index is 14.2. The normalized spacial score (nSPS) is 12.9. The van der Waals surface area contributed by atoms with E-state index in [9.17, 15) is 19.2 Å². The van der Waals surface area contributed by atoms with Crippen LogP contribution >= 0.6 is 0 Å². The van der Waals surface area contributed by atoms with E-state index < -0.39 is 35.6 Å². The van der Waals surface area contributed by atoms with Crippen LogP contribution in [0.25, 0.3) is 0 Å². The van der Waals surface area contributed by atoms with Gasteiger partial charge in [0.15, 0.2) is 0 Å². The van der Waals surface area contributed by atoms with Crippen LogP contribution in [0.5, 0.6) is 0 Å². The van der Waals surface area contributed by atoms with Crippen LogP contribution in [0.4, 0.5) is 4.79 Å². The van der Waals surface area contributed by atoms with Gasteiger partial charge in [0.1, 0.15) is 17.7 Å². The molecule has 226 valence electrons. The van der Waals surface area contributed by atoms with Gasteiger partial charge >= 0.3 is 6.09 Å². The molecule has 9 nitrogen and oxygen atoms in total. The number of hydrogen-bond donors (Lipinski definition) is 3. The number of alkyl carbamates (subject to hydrolysis) is 1. The first kappa shape index (κ1) is 34.9. The minimum Gasteiger partial charge on any atom is -0.444 e. The highest BCUT2D eigenvalue weighted by atomic mass is 16.6. The van der Waals surface area contributed by atoms with Crippen molar-refractivity contribution in [1.29, 1.82) is 0 Å². The molecule has 0 aliphatic heterocycles. The first-order valence-electron chi connectivity index (χ1n) is 14.8. The van der Waals surface area contributed by atoms with Gasteiger partial charge < -0.3 is 26.0 Å². The Labute approximate surface area is 241 Å². The lowest BCUT2D eigenvalue weighted by molar-refractivity contribution is -0.143. The fraction of sp³-hybridized carbons (Fsp3) is 0.677. The highest BCUT2D eigenvalue weighted by Crippen LogP contribution is 2.25. The summed E-state index contributed by atoms with van der Waals surface area (Å²) < 4.78 is 5.40. The molecule has 0 heterocycles. The topological polar surface area (TPSA) is 131 Å². The fourth-order valence-corrected chi connectivity index (χ4v) is 4.39. The van der Waals surface area contributed by atoms with E-state index >= 15 is 0 Å². The molecule has 9 heteroatoms. The van der Waals surface area contributed by atoms with Crippen molar-refractivity contribution in [2.45, 2.75) is 130 Å². The number of nitrogens with one attached hydrogen (secondary N) is 2. The van der Waals surface area contributed by atoms with Crippen molar-refractivity contribution in [2.75, 3.05) is 6.54 Å². The molecule has 0 aliphatic carbocycles. The number of amides is 4. The maximum Gasteiger partial charge on any atom is 0.408 e. The zero-order chi connectivity index (χ0) is 30.3. The lowest BCUT2D eigenvalue weighted by atomic mass is 9.99. The number of rotatable bonds is 17. The number of hydrogen-bond acceptors (Lipinski definition) is 5. The smallest absolute Gasteiger partial charge is 0.408 e. The van der Waals surface area contributed by atoms with Gasteiger partial charge in [0, 0.05) is 19.0 Å². The molecule has 0 aromatic heterocycles. The average molecular weight is 561 g/mol. The number of unbranched alkanes of at least 4 members (excludes halogenated alkanes) is 5. The summed E-state index contributed by atoms with van der Waals surface area (Å²) in [7, 11) is 0. The van der Waals surface area contributed by atoms with E-state index in [0.29, 0.717) is 18.5 Å². The molecule has 0 saturated carbocycles. The molecule has 40 heavy (non-hydrogen) atoms. The van der Waals surface area contributed by atoms with Crippen molar-refractivity contribution >= 4 is 23.8 Å². The van der Waals surface area contributed by atoms with Crippen molar-refractivity contribution < 1.29 is 23.9 Å². The van der Waals surface area contributed by atoms with Crippen LogP contribution in [0.3, 0.4) is 0 Å². The van der Waals surface area contributed by atoms with Crippen molar-refractivity contribution in [1.82, 2.24) is 15.5 Å². The van der Waals surface area contributed by atoms with E-state index in [1.165, 1.54) is 0 Å². The Kier molecular flexibility index (Phi) is 15.3. The summed E-state index contributed by atoms with van der Waals surface area (Å²) in [6.07, 6.45) is 6.00. The number of primary amides is 1. The van der Waals surface area contributed by atoms with Crippen LogP contribution in [0.15, 0.2) is 24.3 Å². The number of carbonyl (C=O) groups is 4. The van der Waals surface area contributed by atoms with E-state index in [1.807, 2.05) is 38.1 Å². The van der Waals surface area contributed by atoms with Crippen molar-refractivity contribution in [3.63, 3.8) is 0 Å². The Morgan fingerprint density at radius 3 is 2.05 bits per heavy atom. The summed E-state index contributed by atoms with van der Waals surface area (Å²) in [5, 5.41) is 5.61. The number of nitrogens with two attached hydrogens (primary N) is 1. The van der Waals surface area contributed by atoms with Gasteiger partial charge in [0.2, 0.25) is 17.7 Å². The number of aryl methyl sites for hydroxylation is 1. The predicted molar refractivity (Wildman–Crippen MR) is 159 cm³/mol. The predicted octanol–water partition coefficient (Wildman–Crippen LogP) is 5.16. The van der Waals surface area contributed by atoms with Crippen molar-refractivity contribution in [3.05, 3.63) is 35.4 Å². The van der Waals surface area contributed by atoms with E-state index in [-0.39, 0.29) is 24.8 Å². The first-order chi connectivity index (χ1) is 18.8. The van der Waals surface area contributed by atoms with Gasteiger partial charge in [0.25, 0.3) is 0 Å². The highest BCUT2D eigenvalue weighted by molar-refractivity contribution is 5.92. The number of nitrogens with zero attached hydrogens (tertiary/aromatic N) is 1. The van der Waals surface area contributed by atoms with Gasteiger partial charge in [-0.15, -0.1) is 0 Å². The SMILES string of the molecule is CCCCCCCCN(C(=O)C(CCC(N)=O)NC(=O)OC(C)(C)C)C(C(=O)NC(C)C)c1ccc(CC)cc1. The molecule has 1 aromatic carbocycles. The second-order valence-corrected chi connectivity index (χ2v) is 11.7. The van der Waals surface area contributed by atoms with Gasteiger partial charge in [0.05, 0.1) is 0 Å².